The Kier molecular flexibility index (Phi) is 8.82. The summed E-state index contributed by atoms with van der Waals surface area (Å²) in [4.78, 5) is 14.6. The molecule has 0 bridgehead atoms. The molecule has 0 N–H and O–H groups in total. The maximum atomic E-state index is 12.0. The number of anilines is 1. The number of fused-ring (bicyclic) bond motifs is 2. The zero-order chi connectivity index (χ0) is 30.2. The number of para-hydroxylation sites is 2. The summed E-state index contributed by atoms with van der Waals surface area (Å²) in [7, 11) is 0. The van der Waals surface area contributed by atoms with E-state index in [0.29, 0.717) is 24.6 Å². The number of alkyl halides is 1. The number of allylic oxidation sites excluding steroid dienone is 3. The number of rotatable bonds is 11. The fourth-order valence-corrected chi connectivity index (χ4v) is 7.44. The summed E-state index contributed by atoms with van der Waals surface area (Å²) in [5, 5.41) is 0. The first-order valence-electron chi connectivity index (χ1n) is 15.3. The van der Waals surface area contributed by atoms with Gasteiger partial charge in [0.15, 0.2) is 5.71 Å². The maximum absolute atomic E-state index is 12.0. The van der Waals surface area contributed by atoms with Crippen molar-refractivity contribution in [2.24, 2.45) is 10.8 Å². The minimum absolute atomic E-state index is 0.0305. The quantitative estimate of drug-likeness (QED) is 0.116. The molecule has 0 aromatic heterocycles. The first-order chi connectivity index (χ1) is 19.2. The topological polar surface area (TPSA) is 23.3 Å². The van der Waals surface area contributed by atoms with Crippen molar-refractivity contribution in [3.8, 4) is 0 Å². The molecule has 1 atom stereocenters. The highest BCUT2D eigenvalue weighted by atomic mass is 35.5. The van der Waals surface area contributed by atoms with E-state index in [1.807, 2.05) is 6.92 Å². The van der Waals surface area contributed by atoms with Gasteiger partial charge >= 0.3 is 0 Å². The Balaban J connectivity index is 1.61. The van der Waals surface area contributed by atoms with Gasteiger partial charge in [-0.2, -0.15) is 4.58 Å². The van der Waals surface area contributed by atoms with E-state index in [2.05, 4.69) is 138 Å². The number of ketones is 1. The van der Waals surface area contributed by atoms with Crippen molar-refractivity contribution in [1.82, 2.24) is 0 Å². The molecule has 0 radical (unpaired) electrons. The lowest BCUT2D eigenvalue weighted by Crippen LogP contribution is -2.41. The van der Waals surface area contributed by atoms with Crippen LogP contribution in [0, 0.1) is 10.8 Å². The Morgan fingerprint density at radius 3 is 2.24 bits per heavy atom. The van der Waals surface area contributed by atoms with Gasteiger partial charge in [0, 0.05) is 47.5 Å². The molecular formula is C37H50ClN2O+. The molecular weight excluding hydrogens is 524 g/mol. The van der Waals surface area contributed by atoms with Crippen molar-refractivity contribution in [2.45, 2.75) is 98.4 Å². The standard InChI is InChI=1S/C37H50ClN2O/c1-10-27(41)16-15-25-39-30-19-13-11-17-28(30)36(6,7)32(39)21-22-34(2,3)23-24-35(4,5)33-37(8,9)29-18-12-14-20-31(29)40(33)26-38/h11-14,17-24,32H,10,15-16,25-26H2,1-9H3/q+1. The molecule has 4 heteroatoms. The predicted octanol–water partition coefficient (Wildman–Crippen LogP) is 9.35. The monoisotopic (exact) mass is 573 g/mol. The zero-order valence-corrected chi connectivity index (χ0v) is 27.5. The van der Waals surface area contributed by atoms with E-state index in [0.717, 1.165) is 13.0 Å². The number of hydrogen-bond donors (Lipinski definition) is 0. The van der Waals surface area contributed by atoms with Crippen LogP contribution < -0.4 is 4.90 Å². The van der Waals surface area contributed by atoms with E-state index in [4.69, 9.17) is 11.6 Å². The van der Waals surface area contributed by atoms with Crippen molar-refractivity contribution in [3.05, 3.63) is 84.0 Å². The highest BCUT2D eigenvalue weighted by molar-refractivity contribution is 6.17. The number of nitrogens with zero attached hydrogens (tertiary/aromatic N) is 2. The smallest absolute Gasteiger partial charge is 0.223 e. The van der Waals surface area contributed by atoms with Crippen LogP contribution in [0.15, 0.2) is 72.8 Å². The average Bonchev–Trinajstić information content (AvgIpc) is 3.30. The number of benzene rings is 2. The summed E-state index contributed by atoms with van der Waals surface area (Å²) >= 11 is 6.56. The number of Topliss-reactive ketones (excluding diaryl/α,β-unsaturated/α-hetero) is 1. The largest absolute Gasteiger partial charge is 0.364 e. The third kappa shape index (κ3) is 5.98. The number of carbonyl (C=O) groups is 1. The van der Waals surface area contributed by atoms with E-state index < -0.39 is 0 Å². The molecule has 3 nitrogen and oxygen atoms in total. The maximum Gasteiger partial charge on any atom is 0.223 e. The molecule has 2 aliphatic rings. The van der Waals surface area contributed by atoms with Crippen molar-refractivity contribution < 1.29 is 9.37 Å². The van der Waals surface area contributed by atoms with Gasteiger partial charge < -0.3 is 4.90 Å². The van der Waals surface area contributed by atoms with E-state index >= 15 is 0 Å². The summed E-state index contributed by atoms with van der Waals surface area (Å²) in [6, 6.07) is 18.1. The first kappa shape index (κ1) is 31.3. The Hall–Kier alpha value is -2.65. The zero-order valence-electron chi connectivity index (χ0n) is 26.7. The van der Waals surface area contributed by atoms with Crippen molar-refractivity contribution in [2.75, 3.05) is 17.4 Å². The van der Waals surface area contributed by atoms with Crippen LogP contribution in [0.1, 0.15) is 92.7 Å². The van der Waals surface area contributed by atoms with Crippen molar-refractivity contribution >= 4 is 34.5 Å². The normalized spacial score (nSPS) is 19.9. The van der Waals surface area contributed by atoms with Gasteiger partial charge in [-0.15, -0.1) is 0 Å². The van der Waals surface area contributed by atoms with Crippen LogP contribution in [-0.4, -0.2) is 34.7 Å². The summed E-state index contributed by atoms with van der Waals surface area (Å²) < 4.78 is 2.30. The van der Waals surface area contributed by atoms with E-state index in [1.54, 1.807) is 0 Å². The molecule has 2 heterocycles. The second-order valence-corrected chi connectivity index (χ2v) is 14.4. The Morgan fingerprint density at radius 2 is 1.59 bits per heavy atom. The number of halogens is 1. The molecule has 2 aliphatic heterocycles. The molecule has 0 saturated heterocycles. The molecule has 1 unspecified atom stereocenters. The van der Waals surface area contributed by atoms with Crippen LogP contribution in [0.4, 0.5) is 11.4 Å². The lowest BCUT2D eigenvalue weighted by molar-refractivity contribution is -0.420. The van der Waals surface area contributed by atoms with Gasteiger partial charge in [-0.3, -0.25) is 4.79 Å². The molecule has 0 spiro atoms. The van der Waals surface area contributed by atoms with E-state index in [1.165, 1.54) is 28.2 Å². The SMILES string of the molecule is CCC(=O)CCCN1c2ccccc2C(C)(C)C1C=CC(C)(C)C=CC(C)(C)C1=[N+](CCl)c2ccccc2C1(C)C. The molecule has 220 valence electrons. The Morgan fingerprint density at radius 1 is 0.951 bits per heavy atom. The van der Waals surface area contributed by atoms with Crippen LogP contribution in [0.3, 0.4) is 0 Å². The fourth-order valence-electron chi connectivity index (χ4n) is 7.19. The molecule has 2 aromatic carbocycles. The van der Waals surface area contributed by atoms with Crippen molar-refractivity contribution in [1.29, 1.82) is 0 Å². The molecule has 4 rings (SSSR count). The summed E-state index contributed by atoms with van der Waals surface area (Å²) in [5.41, 5.74) is 6.08. The fraction of sp³-hybridized carbons (Fsp3) is 0.514. The Bertz CT molecular complexity index is 1370. The van der Waals surface area contributed by atoms with Gasteiger partial charge in [0.25, 0.3) is 0 Å². The highest BCUT2D eigenvalue weighted by Crippen LogP contribution is 2.47. The predicted molar refractivity (Wildman–Crippen MR) is 176 cm³/mol. The molecule has 0 fully saturated rings. The van der Waals surface area contributed by atoms with Gasteiger partial charge in [0.1, 0.15) is 5.78 Å². The second kappa shape index (κ2) is 11.6. The molecule has 41 heavy (non-hydrogen) atoms. The number of carbonyl (C=O) groups excluding carboxylic acids is 1. The molecule has 0 saturated carbocycles. The minimum atomic E-state index is -0.191. The summed E-state index contributed by atoms with van der Waals surface area (Å²) in [5.74, 6) is 0.344. The van der Waals surface area contributed by atoms with Crippen LogP contribution in [0.2, 0.25) is 0 Å². The van der Waals surface area contributed by atoms with Crippen LogP contribution in [-0.2, 0) is 15.6 Å². The van der Waals surface area contributed by atoms with Crippen LogP contribution in [0.5, 0.6) is 0 Å². The first-order valence-corrected chi connectivity index (χ1v) is 15.8. The van der Waals surface area contributed by atoms with Gasteiger partial charge in [0.2, 0.25) is 11.7 Å². The van der Waals surface area contributed by atoms with Gasteiger partial charge in [-0.05, 0) is 45.7 Å². The van der Waals surface area contributed by atoms with Crippen LogP contribution in [0.25, 0.3) is 0 Å². The Labute approximate surface area is 254 Å². The molecule has 0 amide bonds. The van der Waals surface area contributed by atoms with Gasteiger partial charge in [0.05, 0.1) is 16.9 Å². The summed E-state index contributed by atoms with van der Waals surface area (Å²) in [6.45, 7) is 21.4. The molecule has 2 aromatic rings. The summed E-state index contributed by atoms with van der Waals surface area (Å²) in [6.07, 6.45) is 11.7. The third-order valence-corrected chi connectivity index (χ3v) is 9.57. The van der Waals surface area contributed by atoms with Crippen molar-refractivity contribution in [3.63, 3.8) is 0 Å². The average molecular weight is 574 g/mol. The lowest BCUT2D eigenvalue weighted by atomic mass is 9.70. The minimum Gasteiger partial charge on any atom is -0.364 e. The second-order valence-electron chi connectivity index (χ2n) is 14.1. The van der Waals surface area contributed by atoms with Crippen LogP contribution >= 0.6 is 11.6 Å². The lowest BCUT2D eigenvalue weighted by Gasteiger charge is -2.33. The van der Waals surface area contributed by atoms with Gasteiger partial charge in [-0.25, -0.2) is 0 Å². The highest BCUT2D eigenvalue weighted by Gasteiger charge is 2.51. The van der Waals surface area contributed by atoms with Gasteiger partial charge in [-0.1, -0.05) is 107 Å². The molecule has 0 aliphatic carbocycles. The third-order valence-electron chi connectivity index (χ3n) is 9.33. The van der Waals surface area contributed by atoms with E-state index in [9.17, 15) is 4.79 Å². The number of hydrogen-bond acceptors (Lipinski definition) is 2. The van der Waals surface area contributed by atoms with E-state index in [-0.39, 0.29) is 27.7 Å².